The molecule has 0 aliphatic rings. The third kappa shape index (κ3) is 59.5. The number of unbranched alkanes of at least 4 members (excludes halogenated alkanes) is 32. The monoisotopic (exact) mass is 1030 g/mol. The molecule has 0 bridgehead atoms. The molecule has 0 aromatic heterocycles. The number of carbonyl (C=O) groups excluding carboxylic acids is 3. The molecule has 6 heteroatoms. The van der Waals surface area contributed by atoms with Gasteiger partial charge in [0.15, 0.2) is 6.10 Å². The summed E-state index contributed by atoms with van der Waals surface area (Å²) in [5.41, 5.74) is 0. The summed E-state index contributed by atoms with van der Waals surface area (Å²) in [7, 11) is 0. The lowest BCUT2D eigenvalue weighted by molar-refractivity contribution is -0.167. The normalized spacial score (nSPS) is 12.6. The first-order valence-corrected chi connectivity index (χ1v) is 31.6. The Labute approximate surface area is 458 Å². The minimum absolute atomic E-state index is 0.0881. The Morgan fingerprint density at radius 1 is 0.284 bits per heavy atom. The molecule has 0 amide bonds. The number of allylic oxidation sites excluding steroid dienone is 14. The van der Waals surface area contributed by atoms with Gasteiger partial charge in [0.25, 0.3) is 0 Å². The van der Waals surface area contributed by atoms with Crippen molar-refractivity contribution in [2.45, 2.75) is 316 Å². The summed E-state index contributed by atoms with van der Waals surface area (Å²) in [5.74, 6) is -0.911. The zero-order chi connectivity index (χ0) is 53.6. The highest BCUT2D eigenvalue weighted by Gasteiger charge is 2.19. The van der Waals surface area contributed by atoms with Crippen molar-refractivity contribution in [1.29, 1.82) is 0 Å². The Balaban J connectivity index is 4.41. The van der Waals surface area contributed by atoms with Crippen LogP contribution >= 0.6 is 0 Å². The summed E-state index contributed by atoms with van der Waals surface area (Å²) in [4.78, 5) is 38.3. The highest BCUT2D eigenvalue weighted by molar-refractivity contribution is 5.71. The van der Waals surface area contributed by atoms with Gasteiger partial charge in [-0.2, -0.15) is 0 Å². The summed E-state index contributed by atoms with van der Waals surface area (Å²) in [5, 5.41) is 0. The van der Waals surface area contributed by atoms with E-state index in [1.54, 1.807) is 0 Å². The third-order valence-electron chi connectivity index (χ3n) is 13.6. The van der Waals surface area contributed by atoms with Crippen LogP contribution in [0.2, 0.25) is 0 Å². The van der Waals surface area contributed by atoms with Crippen molar-refractivity contribution in [3.05, 3.63) is 85.1 Å². The summed E-state index contributed by atoms with van der Waals surface area (Å²) in [6.45, 7) is 6.51. The zero-order valence-electron chi connectivity index (χ0n) is 48.8. The summed E-state index contributed by atoms with van der Waals surface area (Å²) in [6, 6.07) is 0. The van der Waals surface area contributed by atoms with E-state index in [1.807, 2.05) is 0 Å². The first kappa shape index (κ1) is 70.6. The van der Waals surface area contributed by atoms with Crippen LogP contribution in [0.3, 0.4) is 0 Å². The molecule has 0 heterocycles. The number of carbonyl (C=O) groups is 3. The Morgan fingerprint density at radius 2 is 0.527 bits per heavy atom. The number of esters is 3. The lowest BCUT2D eigenvalue weighted by Gasteiger charge is -2.18. The van der Waals surface area contributed by atoms with Gasteiger partial charge in [-0.3, -0.25) is 14.4 Å². The van der Waals surface area contributed by atoms with Gasteiger partial charge in [-0.25, -0.2) is 0 Å². The molecule has 0 spiro atoms. The van der Waals surface area contributed by atoms with Crippen LogP contribution in [0, 0.1) is 0 Å². The van der Waals surface area contributed by atoms with Gasteiger partial charge in [-0.05, 0) is 116 Å². The van der Waals surface area contributed by atoms with Crippen LogP contribution in [-0.4, -0.2) is 37.2 Å². The Bertz CT molecular complexity index is 1420. The predicted molar refractivity (Wildman–Crippen MR) is 321 cm³/mol. The lowest BCUT2D eigenvalue weighted by atomic mass is 10.1. The molecule has 0 fully saturated rings. The quantitative estimate of drug-likeness (QED) is 0.0261. The predicted octanol–water partition coefficient (Wildman–Crippen LogP) is 21.5. The second-order valence-corrected chi connectivity index (χ2v) is 20.9. The van der Waals surface area contributed by atoms with E-state index >= 15 is 0 Å². The molecular weight excluding hydrogens is 913 g/mol. The molecule has 0 N–H and O–H groups in total. The van der Waals surface area contributed by atoms with E-state index in [0.29, 0.717) is 19.3 Å². The fourth-order valence-electron chi connectivity index (χ4n) is 8.87. The van der Waals surface area contributed by atoms with Crippen molar-refractivity contribution in [1.82, 2.24) is 0 Å². The maximum absolute atomic E-state index is 12.9. The van der Waals surface area contributed by atoms with Gasteiger partial charge in [0, 0.05) is 19.3 Å². The molecule has 0 aliphatic carbocycles. The molecular formula is C68H118O6. The highest BCUT2D eigenvalue weighted by Crippen LogP contribution is 2.16. The fraction of sp³-hybridized carbons (Fsp3) is 0.750. The van der Waals surface area contributed by atoms with Crippen LogP contribution in [0.15, 0.2) is 85.1 Å². The fourth-order valence-corrected chi connectivity index (χ4v) is 8.87. The van der Waals surface area contributed by atoms with Gasteiger partial charge >= 0.3 is 17.9 Å². The van der Waals surface area contributed by atoms with E-state index in [-0.39, 0.29) is 31.1 Å². The molecule has 6 nitrogen and oxygen atoms in total. The number of hydrogen-bond acceptors (Lipinski definition) is 6. The molecule has 1 atom stereocenters. The average Bonchev–Trinajstić information content (AvgIpc) is 3.40. The molecule has 1 unspecified atom stereocenters. The summed E-state index contributed by atoms with van der Waals surface area (Å²) < 4.78 is 16.9. The van der Waals surface area contributed by atoms with Gasteiger partial charge in [0.1, 0.15) is 13.2 Å². The van der Waals surface area contributed by atoms with E-state index in [0.717, 1.165) is 109 Å². The Hall–Kier alpha value is -3.41. The van der Waals surface area contributed by atoms with Crippen LogP contribution in [0.25, 0.3) is 0 Å². The van der Waals surface area contributed by atoms with E-state index in [1.165, 1.54) is 161 Å². The van der Waals surface area contributed by atoms with Crippen molar-refractivity contribution in [3.63, 3.8) is 0 Å². The maximum Gasteiger partial charge on any atom is 0.306 e. The van der Waals surface area contributed by atoms with Crippen molar-refractivity contribution >= 4 is 17.9 Å². The second-order valence-electron chi connectivity index (χ2n) is 20.9. The van der Waals surface area contributed by atoms with E-state index < -0.39 is 6.10 Å². The molecule has 0 aliphatic heterocycles. The number of ether oxygens (including phenoxy) is 3. The van der Waals surface area contributed by atoms with Crippen molar-refractivity contribution < 1.29 is 28.6 Å². The van der Waals surface area contributed by atoms with Crippen LogP contribution in [0.4, 0.5) is 0 Å². The molecule has 0 saturated heterocycles. The van der Waals surface area contributed by atoms with Crippen molar-refractivity contribution in [2.24, 2.45) is 0 Å². The smallest absolute Gasteiger partial charge is 0.306 e. The van der Waals surface area contributed by atoms with Gasteiger partial charge in [-0.15, -0.1) is 0 Å². The van der Waals surface area contributed by atoms with Crippen LogP contribution < -0.4 is 0 Å². The number of rotatable bonds is 57. The largest absolute Gasteiger partial charge is 0.462 e. The van der Waals surface area contributed by atoms with Gasteiger partial charge in [0.2, 0.25) is 0 Å². The van der Waals surface area contributed by atoms with Crippen LogP contribution in [-0.2, 0) is 28.6 Å². The summed E-state index contributed by atoms with van der Waals surface area (Å²) >= 11 is 0. The average molecular weight is 1030 g/mol. The van der Waals surface area contributed by atoms with Crippen molar-refractivity contribution in [2.75, 3.05) is 13.2 Å². The minimum atomic E-state index is -0.794. The first-order chi connectivity index (χ1) is 36.5. The number of hydrogen-bond donors (Lipinski definition) is 0. The minimum Gasteiger partial charge on any atom is -0.462 e. The second kappa shape index (κ2) is 62.1. The summed E-state index contributed by atoms with van der Waals surface area (Å²) in [6.07, 6.45) is 81.5. The standard InChI is InChI=1S/C68H118O6/c1-4-7-10-13-16-19-22-25-28-31-33-34-35-38-40-43-46-49-52-55-58-61-67(70)73-64-65(63-72-66(69)60-57-54-51-48-45-42-39-36-30-27-24-21-18-15-12-9-6-3)74-68(71)62-59-56-53-50-47-44-41-37-32-29-26-23-20-17-14-11-8-5-2/h9,12,18,20-21,23,27,29-33,39,42,65H,4-8,10-11,13-17,19,22,24-26,28,34-38,40-41,43-64H2,1-3H3/b12-9-,21-18-,23-20-,30-27-,32-29-,33-31-,42-39-. The van der Waals surface area contributed by atoms with Crippen molar-refractivity contribution in [3.8, 4) is 0 Å². The van der Waals surface area contributed by atoms with E-state index in [2.05, 4.69) is 106 Å². The van der Waals surface area contributed by atoms with Gasteiger partial charge < -0.3 is 14.2 Å². The molecule has 74 heavy (non-hydrogen) atoms. The molecule has 0 radical (unpaired) electrons. The zero-order valence-corrected chi connectivity index (χ0v) is 48.8. The molecule has 0 aromatic rings. The Morgan fingerprint density at radius 3 is 0.851 bits per heavy atom. The molecule has 0 aromatic carbocycles. The molecule has 0 rings (SSSR count). The first-order valence-electron chi connectivity index (χ1n) is 31.6. The lowest BCUT2D eigenvalue weighted by Crippen LogP contribution is -2.30. The van der Waals surface area contributed by atoms with Crippen LogP contribution in [0.1, 0.15) is 310 Å². The molecule has 426 valence electrons. The van der Waals surface area contributed by atoms with Gasteiger partial charge in [0.05, 0.1) is 0 Å². The van der Waals surface area contributed by atoms with Crippen LogP contribution in [0.5, 0.6) is 0 Å². The van der Waals surface area contributed by atoms with E-state index in [4.69, 9.17) is 14.2 Å². The third-order valence-corrected chi connectivity index (χ3v) is 13.6. The van der Waals surface area contributed by atoms with Gasteiger partial charge in [-0.1, -0.05) is 260 Å². The Kier molecular flexibility index (Phi) is 59.3. The maximum atomic E-state index is 12.9. The molecule has 0 saturated carbocycles. The van der Waals surface area contributed by atoms with E-state index in [9.17, 15) is 14.4 Å². The topological polar surface area (TPSA) is 78.9 Å². The SMILES string of the molecule is CC/C=C\C/C=C\C/C=C\C/C=C\CCCCCCC(=O)OCC(COC(=O)CCCCCCCCCCC/C=C\CCCCCCCCCC)OC(=O)CCCCCCCCC/C=C\C/C=C\CCCCCC. The highest BCUT2D eigenvalue weighted by atomic mass is 16.6.